The summed E-state index contributed by atoms with van der Waals surface area (Å²) < 4.78 is 5.43. The average molecular weight is 332 g/mol. The molecule has 7 heteroatoms. The van der Waals surface area contributed by atoms with Gasteiger partial charge in [-0.3, -0.25) is 9.69 Å². The molecule has 1 atom stereocenters. The van der Waals surface area contributed by atoms with Crippen molar-refractivity contribution in [2.45, 2.75) is 31.7 Å². The van der Waals surface area contributed by atoms with Gasteiger partial charge in [-0.2, -0.15) is 4.98 Å². The summed E-state index contributed by atoms with van der Waals surface area (Å²) in [7, 11) is 0. The van der Waals surface area contributed by atoms with Crippen molar-refractivity contribution >= 4 is 17.2 Å². The number of piperazine rings is 1. The molecule has 2 aromatic rings. The maximum atomic E-state index is 12.4. The highest BCUT2D eigenvalue weighted by molar-refractivity contribution is 7.12. The van der Waals surface area contributed by atoms with E-state index in [1.165, 1.54) is 24.2 Å². The van der Waals surface area contributed by atoms with E-state index in [9.17, 15) is 4.79 Å². The van der Waals surface area contributed by atoms with Gasteiger partial charge in [0.05, 0.1) is 10.9 Å². The molecule has 0 N–H and O–H groups in total. The summed E-state index contributed by atoms with van der Waals surface area (Å²) in [4.78, 5) is 22.0. The lowest BCUT2D eigenvalue weighted by atomic mass is 10.2. The Morgan fingerprint density at radius 1 is 1.35 bits per heavy atom. The second-order valence-electron chi connectivity index (χ2n) is 6.25. The third kappa shape index (κ3) is 3.03. The number of aromatic nitrogens is 2. The first-order valence-electron chi connectivity index (χ1n) is 8.12. The van der Waals surface area contributed by atoms with Crippen LogP contribution in [0.5, 0.6) is 0 Å². The van der Waals surface area contributed by atoms with E-state index in [-0.39, 0.29) is 11.9 Å². The van der Waals surface area contributed by atoms with Gasteiger partial charge in [-0.1, -0.05) is 11.2 Å². The first kappa shape index (κ1) is 14.8. The number of amides is 1. The number of carbonyl (C=O) groups excluding carboxylic acids is 1. The molecule has 23 heavy (non-hydrogen) atoms. The number of rotatable bonds is 4. The van der Waals surface area contributed by atoms with Gasteiger partial charge >= 0.3 is 0 Å². The summed E-state index contributed by atoms with van der Waals surface area (Å²) in [5.41, 5.74) is 0. The number of carbonyl (C=O) groups is 1. The van der Waals surface area contributed by atoms with Crippen LogP contribution in [0.4, 0.5) is 0 Å². The van der Waals surface area contributed by atoms with Crippen LogP contribution in [-0.4, -0.2) is 52.0 Å². The summed E-state index contributed by atoms with van der Waals surface area (Å²) in [6.45, 7) is 5.25. The zero-order valence-corrected chi connectivity index (χ0v) is 14.0. The van der Waals surface area contributed by atoms with Gasteiger partial charge in [0.25, 0.3) is 5.91 Å². The fraction of sp³-hybridized carbons (Fsp3) is 0.562. The zero-order valence-electron chi connectivity index (χ0n) is 13.1. The molecule has 3 heterocycles. The van der Waals surface area contributed by atoms with E-state index in [1.54, 1.807) is 0 Å². The van der Waals surface area contributed by atoms with Crippen LogP contribution in [0.15, 0.2) is 22.0 Å². The maximum absolute atomic E-state index is 12.4. The Morgan fingerprint density at radius 2 is 2.13 bits per heavy atom. The predicted octanol–water partition coefficient (Wildman–Crippen LogP) is 2.53. The fourth-order valence-electron chi connectivity index (χ4n) is 2.95. The highest BCUT2D eigenvalue weighted by Gasteiger charge is 2.32. The van der Waals surface area contributed by atoms with Gasteiger partial charge in [0, 0.05) is 32.1 Å². The van der Waals surface area contributed by atoms with Crippen molar-refractivity contribution in [1.82, 2.24) is 19.9 Å². The Kier molecular flexibility index (Phi) is 3.90. The maximum Gasteiger partial charge on any atom is 0.264 e. The molecule has 0 bridgehead atoms. The van der Waals surface area contributed by atoms with Gasteiger partial charge < -0.3 is 9.42 Å². The van der Waals surface area contributed by atoms with Crippen molar-refractivity contribution in [2.75, 3.05) is 26.2 Å². The van der Waals surface area contributed by atoms with Crippen LogP contribution in [0.2, 0.25) is 0 Å². The molecule has 1 saturated heterocycles. The van der Waals surface area contributed by atoms with Gasteiger partial charge in [0.2, 0.25) is 5.89 Å². The summed E-state index contributed by atoms with van der Waals surface area (Å²) >= 11 is 1.50. The molecule has 1 aliphatic carbocycles. The molecule has 1 amide bonds. The average Bonchev–Trinajstić information content (AvgIpc) is 3.10. The first-order valence-corrected chi connectivity index (χ1v) is 9.00. The Hall–Kier alpha value is -1.73. The summed E-state index contributed by atoms with van der Waals surface area (Å²) in [6.07, 6.45) is 2.35. The first-order chi connectivity index (χ1) is 11.2. The Balaban J connectivity index is 1.35. The Labute approximate surface area is 139 Å². The lowest BCUT2D eigenvalue weighted by molar-refractivity contribution is 0.0556. The number of hydrogen-bond donors (Lipinski definition) is 0. The number of hydrogen-bond acceptors (Lipinski definition) is 6. The normalized spacial score (nSPS) is 20.7. The van der Waals surface area contributed by atoms with E-state index >= 15 is 0 Å². The molecule has 122 valence electrons. The molecule has 4 rings (SSSR count). The van der Waals surface area contributed by atoms with Crippen LogP contribution < -0.4 is 0 Å². The second kappa shape index (κ2) is 6.05. The van der Waals surface area contributed by atoms with Crippen LogP contribution >= 0.6 is 11.3 Å². The molecule has 1 saturated carbocycles. The standard InChI is InChI=1S/C16H20N4O2S/c1-11(15-17-14(18-22-15)12-4-5-12)19-6-8-20(9-7-19)16(21)13-3-2-10-23-13/h2-3,10-12H,4-9H2,1H3/t11-/m0/s1. The molecule has 6 nitrogen and oxygen atoms in total. The minimum absolute atomic E-state index is 0.106. The smallest absolute Gasteiger partial charge is 0.264 e. The number of thiophene rings is 1. The molecule has 0 spiro atoms. The van der Waals surface area contributed by atoms with E-state index in [0.29, 0.717) is 11.8 Å². The van der Waals surface area contributed by atoms with E-state index < -0.39 is 0 Å². The minimum atomic E-state index is 0.106. The molecule has 0 unspecified atom stereocenters. The van der Waals surface area contributed by atoms with Gasteiger partial charge in [-0.05, 0) is 31.2 Å². The number of nitrogens with zero attached hydrogens (tertiary/aromatic N) is 4. The highest BCUT2D eigenvalue weighted by atomic mass is 32.1. The van der Waals surface area contributed by atoms with Crippen LogP contribution in [0.3, 0.4) is 0 Å². The minimum Gasteiger partial charge on any atom is -0.338 e. The van der Waals surface area contributed by atoms with Crippen LogP contribution in [0, 0.1) is 0 Å². The van der Waals surface area contributed by atoms with Gasteiger partial charge in [0.1, 0.15) is 0 Å². The molecular formula is C16H20N4O2S. The van der Waals surface area contributed by atoms with E-state index in [1.807, 2.05) is 22.4 Å². The fourth-order valence-corrected chi connectivity index (χ4v) is 3.64. The predicted molar refractivity (Wildman–Crippen MR) is 86.5 cm³/mol. The van der Waals surface area contributed by atoms with Crippen LogP contribution in [-0.2, 0) is 0 Å². The molecule has 2 aliphatic rings. The molecule has 0 aromatic carbocycles. The SMILES string of the molecule is C[C@@H](c1nc(C2CC2)no1)N1CCN(C(=O)c2cccs2)CC1. The van der Waals surface area contributed by atoms with Crippen molar-refractivity contribution in [1.29, 1.82) is 0 Å². The third-order valence-electron chi connectivity index (χ3n) is 4.64. The van der Waals surface area contributed by atoms with Gasteiger partial charge in [-0.25, -0.2) is 0 Å². The topological polar surface area (TPSA) is 62.5 Å². The van der Waals surface area contributed by atoms with Crippen LogP contribution in [0.1, 0.15) is 53.1 Å². The molecular weight excluding hydrogens is 312 g/mol. The monoisotopic (exact) mass is 332 g/mol. The van der Waals surface area contributed by atoms with Crippen molar-refractivity contribution in [3.63, 3.8) is 0 Å². The Bertz CT molecular complexity index is 672. The van der Waals surface area contributed by atoms with Gasteiger partial charge in [0.15, 0.2) is 5.82 Å². The van der Waals surface area contributed by atoms with Crippen molar-refractivity contribution in [3.8, 4) is 0 Å². The molecule has 1 aliphatic heterocycles. The summed E-state index contributed by atoms with van der Waals surface area (Å²) in [5.74, 6) is 2.21. The quantitative estimate of drug-likeness (QED) is 0.861. The Morgan fingerprint density at radius 3 is 2.78 bits per heavy atom. The molecule has 2 fully saturated rings. The highest BCUT2D eigenvalue weighted by Crippen LogP contribution is 2.38. The summed E-state index contributed by atoms with van der Waals surface area (Å²) in [5, 5.41) is 6.04. The van der Waals surface area contributed by atoms with Crippen molar-refractivity contribution in [3.05, 3.63) is 34.1 Å². The lowest BCUT2D eigenvalue weighted by Crippen LogP contribution is -2.49. The second-order valence-corrected chi connectivity index (χ2v) is 7.19. The van der Waals surface area contributed by atoms with E-state index in [2.05, 4.69) is 22.0 Å². The lowest BCUT2D eigenvalue weighted by Gasteiger charge is -2.36. The van der Waals surface area contributed by atoms with Gasteiger partial charge in [-0.15, -0.1) is 11.3 Å². The zero-order chi connectivity index (χ0) is 15.8. The van der Waals surface area contributed by atoms with E-state index in [4.69, 9.17) is 4.52 Å². The van der Waals surface area contributed by atoms with E-state index in [0.717, 1.165) is 36.9 Å². The molecule has 0 radical (unpaired) electrons. The van der Waals surface area contributed by atoms with Crippen LogP contribution in [0.25, 0.3) is 0 Å². The molecule has 2 aromatic heterocycles. The summed E-state index contributed by atoms with van der Waals surface area (Å²) in [6, 6.07) is 3.91. The van der Waals surface area contributed by atoms with Crippen molar-refractivity contribution < 1.29 is 9.32 Å². The van der Waals surface area contributed by atoms with Crippen molar-refractivity contribution in [2.24, 2.45) is 0 Å². The third-order valence-corrected chi connectivity index (χ3v) is 5.50. The largest absolute Gasteiger partial charge is 0.338 e.